The molecule has 0 aromatic heterocycles. The van der Waals surface area contributed by atoms with Gasteiger partial charge in [0.25, 0.3) is 0 Å². The van der Waals surface area contributed by atoms with Crippen LogP contribution in [0.1, 0.15) is 44.3 Å². The Bertz CT molecular complexity index is 705. The molecule has 0 saturated heterocycles. The first kappa shape index (κ1) is 25.1. The molecule has 0 radical (unpaired) electrons. The van der Waals surface area contributed by atoms with Crippen LogP contribution in [-0.2, 0) is 19.1 Å². The number of aliphatic hydroxyl groups is 1. The Balaban J connectivity index is 2.76. The van der Waals surface area contributed by atoms with Gasteiger partial charge in [-0.2, -0.15) is 0 Å². The van der Waals surface area contributed by atoms with Gasteiger partial charge in [0.05, 0.1) is 19.1 Å². The molecule has 7 heteroatoms. The van der Waals surface area contributed by atoms with E-state index in [-0.39, 0.29) is 49.8 Å². The van der Waals surface area contributed by atoms with Crippen LogP contribution >= 0.6 is 0 Å². The first-order valence-electron chi connectivity index (χ1n) is 10.0. The zero-order valence-corrected chi connectivity index (χ0v) is 17.5. The summed E-state index contributed by atoms with van der Waals surface area (Å²) in [4.78, 5) is 36.8. The van der Waals surface area contributed by atoms with E-state index in [0.29, 0.717) is 12.8 Å². The molecule has 2 amide bonds. The summed E-state index contributed by atoms with van der Waals surface area (Å²) in [6.07, 6.45) is 3.60. The number of nitrogens with one attached hydrogen (secondary N) is 2. The number of esters is 1. The van der Waals surface area contributed by atoms with Crippen LogP contribution < -0.4 is 10.6 Å². The summed E-state index contributed by atoms with van der Waals surface area (Å²) in [7, 11) is 0. The number of benzene rings is 1. The monoisotopic (exact) mass is 416 g/mol. The van der Waals surface area contributed by atoms with E-state index in [9.17, 15) is 14.4 Å². The number of amides is 2. The molecule has 3 atom stereocenters. The SMILES string of the molecule is C=CCCC(=O)O[C@@H](CNC(=O)[C@@H](CC=C)CC(=O)N[C@H](C)CO)c1ccccc1. The van der Waals surface area contributed by atoms with Crippen molar-refractivity contribution in [3.8, 4) is 0 Å². The fraction of sp³-hybridized carbons (Fsp3) is 0.435. The molecule has 30 heavy (non-hydrogen) atoms. The number of hydrogen-bond acceptors (Lipinski definition) is 5. The Labute approximate surface area is 178 Å². The Morgan fingerprint density at radius 1 is 1.17 bits per heavy atom. The van der Waals surface area contributed by atoms with Gasteiger partial charge in [0.15, 0.2) is 0 Å². The Morgan fingerprint density at radius 3 is 2.47 bits per heavy atom. The highest BCUT2D eigenvalue weighted by Gasteiger charge is 2.24. The summed E-state index contributed by atoms with van der Waals surface area (Å²) in [6, 6.07) is 8.77. The van der Waals surface area contributed by atoms with Crippen molar-refractivity contribution in [3.05, 3.63) is 61.2 Å². The molecule has 164 valence electrons. The number of hydrogen-bond donors (Lipinski definition) is 3. The van der Waals surface area contributed by atoms with Gasteiger partial charge in [-0.05, 0) is 25.3 Å². The quantitative estimate of drug-likeness (QED) is 0.319. The van der Waals surface area contributed by atoms with Crippen molar-refractivity contribution >= 4 is 17.8 Å². The lowest BCUT2D eigenvalue weighted by atomic mass is 9.99. The van der Waals surface area contributed by atoms with E-state index in [1.165, 1.54) is 0 Å². The highest BCUT2D eigenvalue weighted by molar-refractivity contribution is 5.86. The van der Waals surface area contributed by atoms with Crippen LogP contribution in [0, 0.1) is 5.92 Å². The van der Waals surface area contributed by atoms with Crippen molar-refractivity contribution < 1.29 is 24.2 Å². The van der Waals surface area contributed by atoms with Gasteiger partial charge in [0, 0.05) is 18.9 Å². The minimum atomic E-state index is -0.639. The summed E-state index contributed by atoms with van der Waals surface area (Å²) in [6.45, 7) is 8.82. The fourth-order valence-corrected chi connectivity index (χ4v) is 2.76. The second-order valence-electron chi connectivity index (χ2n) is 7.04. The first-order valence-corrected chi connectivity index (χ1v) is 10.0. The maximum Gasteiger partial charge on any atom is 0.306 e. The average molecular weight is 417 g/mol. The van der Waals surface area contributed by atoms with E-state index >= 15 is 0 Å². The second-order valence-corrected chi connectivity index (χ2v) is 7.04. The summed E-state index contributed by atoms with van der Waals surface area (Å²) < 4.78 is 5.55. The summed E-state index contributed by atoms with van der Waals surface area (Å²) in [5.41, 5.74) is 0.763. The molecule has 7 nitrogen and oxygen atoms in total. The number of allylic oxidation sites excluding steroid dienone is 2. The molecule has 0 aliphatic heterocycles. The van der Waals surface area contributed by atoms with Gasteiger partial charge in [-0.3, -0.25) is 14.4 Å². The van der Waals surface area contributed by atoms with Crippen LogP contribution in [0.15, 0.2) is 55.6 Å². The summed E-state index contributed by atoms with van der Waals surface area (Å²) in [5.74, 6) is -1.64. The van der Waals surface area contributed by atoms with E-state index in [4.69, 9.17) is 9.84 Å². The minimum Gasteiger partial charge on any atom is -0.456 e. The van der Waals surface area contributed by atoms with E-state index < -0.39 is 12.0 Å². The summed E-state index contributed by atoms with van der Waals surface area (Å²) >= 11 is 0. The number of rotatable bonds is 14. The van der Waals surface area contributed by atoms with Crippen LogP contribution in [0.25, 0.3) is 0 Å². The van der Waals surface area contributed by atoms with Crippen LogP contribution in [0.3, 0.4) is 0 Å². The molecule has 3 N–H and O–H groups in total. The molecule has 0 heterocycles. The fourth-order valence-electron chi connectivity index (χ4n) is 2.76. The van der Waals surface area contributed by atoms with Crippen molar-refractivity contribution in [3.63, 3.8) is 0 Å². The molecule has 1 aromatic carbocycles. The Hall–Kier alpha value is -2.93. The maximum atomic E-state index is 12.7. The molecule has 1 aromatic rings. The zero-order valence-electron chi connectivity index (χ0n) is 17.5. The van der Waals surface area contributed by atoms with E-state index in [1.54, 1.807) is 19.1 Å². The predicted octanol–water partition coefficient (Wildman–Crippen LogP) is 2.43. The van der Waals surface area contributed by atoms with E-state index in [0.717, 1.165) is 5.56 Å². The molecule has 1 rings (SSSR count). The number of carbonyl (C=O) groups is 3. The van der Waals surface area contributed by atoms with E-state index in [2.05, 4.69) is 23.8 Å². The number of aliphatic hydroxyl groups excluding tert-OH is 1. The van der Waals surface area contributed by atoms with Crippen LogP contribution in [0.2, 0.25) is 0 Å². The van der Waals surface area contributed by atoms with Crippen LogP contribution in [-0.4, -0.2) is 42.1 Å². The van der Waals surface area contributed by atoms with Crippen LogP contribution in [0.5, 0.6) is 0 Å². The minimum absolute atomic E-state index is 0.0304. The summed E-state index contributed by atoms with van der Waals surface area (Å²) in [5, 5.41) is 14.5. The first-order chi connectivity index (χ1) is 14.4. The normalized spacial score (nSPS) is 13.4. The third-order valence-corrected chi connectivity index (χ3v) is 4.39. The second kappa shape index (κ2) is 14.1. The standard InChI is InChI=1S/C23H32N2O5/c1-4-6-13-22(28)30-20(18-11-8-7-9-12-18)15-24-23(29)19(10-5-2)14-21(27)25-17(3)16-26/h4-5,7-9,11-12,17,19-20,26H,1-2,6,10,13-16H2,3H3,(H,24,29)(H,25,27)/t17-,19+,20+/m1/s1. The highest BCUT2D eigenvalue weighted by atomic mass is 16.5. The lowest BCUT2D eigenvalue weighted by Crippen LogP contribution is -2.40. The van der Waals surface area contributed by atoms with E-state index in [1.807, 2.05) is 30.3 Å². The molecule has 0 bridgehead atoms. The topological polar surface area (TPSA) is 105 Å². The van der Waals surface area contributed by atoms with Gasteiger partial charge in [-0.15, -0.1) is 13.2 Å². The van der Waals surface area contributed by atoms with Gasteiger partial charge in [-0.1, -0.05) is 42.5 Å². The molecule has 0 saturated carbocycles. The van der Waals surface area contributed by atoms with Crippen molar-refractivity contribution in [2.24, 2.45) is 5.92 Å². The maximum absolute atomic E-state index is 12.7. The average Bonchev–Trinajstić information content (AvgIpc) is 2.75. The van der Waals surface area contributed by atoms with Crippen molar-refractivity contribution in [1.29, 1.82) is 0 Å². The van der Waals surface area contributed by atoms with Crippen molar-refractivity contribution in [2.75, 3.05) is 13.2 Å². The van der Waals surface area contributed by atoms with Crippen LogP contribution in [0.4, 0.5) is 0 Å². The predicted molar refractivity (Wildman–Crippen MR) is 115 cm³/mol. The zero-order chi connectivity index (χ0) is 22.4. The molecule has 0 spiro atoms. The molecule has 0 fully saturated rings. The Morgan fingerprint density at radius 2 is 1.87 bits per heavy atom. The third-order valence-electron chi connectivity index (χ3n) is 4.39. The highest BCUT2D eigenvalue weighted by Crippen LogP contribution is 2.18. The lowest BCUT2D eigenvalue weighted by Gasteiger charge is -2.21. The van der Waals surface area contributed by atoms with Gasteiger partial charge in [-0.25, -0.2) is 0 Å². The Kier molecular flexibility index (Phi) is 11.8. The largest absolute Gasteiger partial charge is 0.456 e. The number of carbonyl (C=O) groups excluding carboxylic acids is 3. The number of ether oxygens (including phenoxy) is 1. The lowest BCUT2D eigenvalue weighted by molar-refractivity contribution is -0.150. The molecule has 0 aliphatic carbocycles. The van der Waals surface area contributed by atoms with Gasteiger partial charge < -0.3 is 20.5 Å². The smallest absolute Gasteiger partial charge is 0.306 e. The van der Waals surface area contributed by atoms with Crippen molar-refractivity contribution in [2.45, 2.75) is 44.8 Å². The third kappa shape index (κ3) is 9.52. The molecular weight excluding hydrogens is 384 g/mol. The molecule has 0 unspecified atom stereocenters. The van der Waals surface area contributed by atoms with Gasteiger partial charge >= 0.3 is 5.97 Å². The molecule has 0 aliphatic rings. The van der Waals surface area contributed by atoms with Gasteiger partial charge in [0.2, 0.25) is 11.8 Å². The van der Waals surface area contributed by atoms with Gasteiger partial charge in [0.1, 0.15) is 6.10 Å². The van der Waals surface area contributed by atoms with Crippen molar-refractivity contribution in [1.82, 2.24) is 10.6 Å². The molecular formula is C23H32N2O5.